The standard InChI is InChI=1S/C12H11BrN4S/c13-8-6-10-11(15-7-8)17(12(14)16-10)4-3-9-2-1-5-18-9/h1-2,5-7H,3-4H2,(H2,14,16). The van der Waals surface area contributed by atoms with E-state index in [1.165, 1.54) is 4.88 Å². The average molecular weight is 323 g/mol. The van der Waals surface area contributed by atoms with Crippen LogP contribution in [0, 0.1) is 0 Å². The number of hydrogen-bond donors (Lipinski definition) is 1. The largest absolute Gasteiger partial charge is 0.369 e. The van der Waals surface area contributed by atoms with Gasteiger partial charge in [0.2, 0.25) is 5.95 Å². The molecule has 2 N–H and O–H groups in total. The van der Waals surface area contributed by atoms with Gasteiger partial charge in [0.15, 0.2) is 5.65 Å². The predicted molar refractivity (Wildman–Crippen MR) is 77.7 cm³/mol. The summed E-state index contributed by atoms with van der Waals surface area (Å²) in [6.07, 6.45) is 2.72. The van der Waals surface area contributed by atoms with E-state index in [4.69, 9.17) is 5.73 Å². The van der Waals surface area contributed by atoms with E-state index < -0.39 is 0 Å². The van der Waals surface area contributed by atoms with Crippen molar-refractivity contribution in [3.63, 3.8) is 0 Å². The highest BCUT2D eigenvalue weighted by molar-refractivity contribution is 9.10. The highest BCUT2D eigenvalue weighted by Gasteiger charge is 2.09. The van der Waals surface area contributed by atoms with Gasteiger partial charge in [-0.2, -0.15) is 0 Å². The first-order valence-corrected chi connectivity index (χ1v) is 7.21. The molecule has 0 fully saturated rings. The van der Waals surface area contributed by atoms with E-state index in [1.807, 2.05) is 10.6 Å². The van der Waals surface area contributed by atoms with Gasteiger partial charge in [0.25, 0.3) is 0 Å². The lowest BCUT2D eigenvalue weighted by Gasteiger charge is -2.04. The zero-order valence-corrected chi connectivity index (χ0v) is 11.9. The first kappa shape index (κ1) is 11.7. The molecule has 0 aromatic carbocycles. The molecule has 0 bridgehead atoms. The van der Waals surface area contributed by atoms with Crippen LogP contribution in [0.1, 0.15) is 4.88 Å². The Balaban J connectivity index is 1.93. The number of rotatable bonds is 3. The van der Waals surface area contributed by atoms with E-state index in [2.05, 4.69) is 43.4 Å². The molecule has 0 aliphatic rings. The number of aromatic nitrogens is 3. The van der Waals surface area contributed by atoms with Crippen LogP contribution < -0.4 is 5.73 Å². The molecule has 3 aromatic rings. The van der Waals surface area contributed by atoms with Gasteiger partial charge in [0.05, 0.1) is 0 Å². The molecule has 0 saturated heterocycles. The number of nitrogen functional groups attached to an aromatic ring is 1. The maximum atomic E-state index is 5.94. The molecular formula is C12H11BrN4S. The summed E-state index contributed by atoms with van der Waals surface area (Å²) in [6, 6.07) is 6.12. The van der Waals surface area contributed by atoms with E-state index in [-0.39, 0.29) is 0 Å². The van der Waals surface area contributed by atoms with Gasteiger partial charge in [-0.25, -0.2) is 9.97 Å². The Labute approximate surface area is 117 Å². The number of aryl methyl sites for hydroxylation is 2. The molecule has 4 nitrogen and oxygen atoms in total. The van der Waals surface area contributed by atoms with Crippen LogP contribution in [0.25, 0.3) is 11.2 Å². The molecule has 0 spiro atoms. The average Bonchev–Trinajstić information content (AvgIpc) is 2.93. The maximum absolute atomic E-state index is 5.94. The Morgan fingerprint density at radius 1 is 1.44 bits per heavy atom. The van der Waals surface area contributed by atoms with Crippen molar-refractivity contribution in [2.75, 3.05) is 5.73 Å². The molecule has 18 heavy (non-hydrogen) atoms. The number of imidazole rings is 1. The van der Waals surface area contributed by atoms with E-state index >= 15 is 0 Å². The molecule has 0 unspecified atom stereocenters. The summed E-state index contributed by atoms with van der Waals surface area (Å²) in [5.41, 5.74) is 7.61. The quantitative estimate of drug-likeness (QED) is 0.806. The Morgan fingerprint density at radius 2 is 2.33 bits per heavy atom. The minimum Gasteiger partial charge on any atom is -0.369 e. The van der Waals surface area contributed by atoms with Gasteiger partial charge in [-0.05, 0) is 39.9 Å². The molecular weight excluding hydrogens is 312 g/mol. The second-order valence-corrected chi connectivity index (χ2v) is 5.90. The number of halogens is 1. The number of nitrogens with zero attached hydrogens (tertiary/aromatic N) is 3. The zero-order valence-electron chi connectivity index (χ0n) is 9.51. The van der Waals surface area contributed by atoms with Gasteiger partial charge in [0, 0.05) is 22.1 Å². The summed E-state index contributed by atoms with van der Waals surface area (Å²) in [5.74, 6) is 0.521. The summed E-state index contributed by atoms with van der Waals surface area (Å²) in [5, 5.41) is 2.08. The Morgan fingerprint density at radius 3 is 3.11 bits per heavy atom. The van der Waals surface area contributed by atoms with Crippen LogP contribution in [0.3, 0.4) is 0 Å². The highest BCUT2D eigenvalue weighted by Crippen LogP contribution is 2.20. The number of fused-ring (bicyclic) bond motifs is 1. The SMILES string of the molecule is Nc1nc2cc(Br)cnc2n1CCc1cccs1. The van der Waals surface area contributed by atoms with Crippen LogP contribution in [-0.2, 0) is 13.0 Å². The molecule has 0 atom stereocenters. The van der Waals surface area contributed by atoms with Crippen molar-refractivity contribution in [1.29, 1.82) is 0 Å². The fraction of sp³-hybridized carbons (Fsp3) is 0.167. The second-order valence-electron chi connectivity index (χ2n) is 3.95. The fourth-order valence-corrected chi connectivity index (χ4v) is 2.92. The van der Waals surface area contributed by atoms with Crippen LogP contribution >= 0.6 is 27.3 Å². The maximum Gasteiger partial charge on any atom is 0.202 e. The van der Waals surface area contributed by atoms with Gasteiger partial charge in [-0.1, -0.05) is 6.07 Å². The van der Waals surface area contributed by atoms with Crippen molar-refractivity contribution < 1.29 is 0 Å². The Bertz CT molecular complexity index is 675. The van der Waals surface area contributed by atoms with E-state index in [9.17, 15) is 0 Å². The summed E-state index contributed by atoms with van der Waals surface area (Å²) in [4.78, 5) is 10.0. The number of hydrogen-bond acceptors (Lipinski definition) is 4. The van der Waals surface area contributed by atoms with Crippen LogP contribution in [0.4, 0.5) is 5.95 Å². The van der Waals surface area contributed by atoms with Crippen LogP contribution in [0.5, 0.6) is 0 Å². The minimum absolute atomic E-state index is 0.521. The van der Waals surface area contributed by atoms with E-state index in [1.54, 1.807) is 17.5 Å². The molecule has 0 aliphatic heterocycles. The lowest BCUT2D eigenvalue weighted by atomic mass is 10.3. The number of pyridine rings is 1. The van der Waals surface area contributed by atoms with Crippen LogP contribution in [0.15, 0.2) is 34.2 Å². The lowest BCUT2D eigenvalue weighted by Crippen LogP contribution is -2.05. The number of thiophene rings is 1. The second kappa shape index (κ2) is 4.70. The molecule has 0 saturated carbocycles. The normalized spacial score (nSPS) is 11.2. The van der Waals surface area contributed by atoms with Crippen molar-refractivity contribution >= 4 is 44.4 Å². The van der Waals surface area contributed by atoms with E-state index in [0.717, 1.165) is 28.6 Å². The predicted octanol–water partition coefficient (Wildman–Crippen LogP) is 3.08. The van der Waals surface area contributed by atoms with Crippen molar-refractivity contribution in [3.8, 4) is 0 Å². The number of nitrogens with two attached hydrogens (primary N) is 1. The van der Waals surface area contributed by atoms with Crippen molar-refractivity contribution in [2.45, 2.75) is 13.0 Å². The molecule has 3 heterocycles. The van der Waals surface area contributed by atoms with Gasteiger partial charge < -0.3 is 5.73 Å². The molecule has 92 valence electrons. The first-order chi connectivity index (χ1) is 8.74. The molecule has 0 aliphatic carbocycles. The van der Waals surface area contributed by atoms with Crippen LogP contribution in [0.2, 0.25) is 0 Å². The van der Waals surface area contributed by atoms with Gasteiger partial charge >= 0.3 is 0 Å². The summed E-state index contributed by atoms with van der Waals surface area (Å²) < 4.78 is 2.87. The summed E-state index contributed by atoms with van der Waals surface area (Å²) in [6.45, 7) is 0.803. The third kappa shape index (κ3) is 2.13. The third-order valence-electron chi connectivity index (χ3n) is 2.74. The fourth-order valence-electron chi connectivity index (χ4n) is 1.90. The monoisotopic (exact) mass is 322 g/mol. The van der Waals surface area contributed by atoms with Crippen molar-refractivity contribution in [2.24, 2.45) is 0 Å². The lowest BCUT2D eigenvalue weighted by molar-refractivity contribution is 0.726. The molecule has 3 aromatic heterocycles. The third-order valence-corrected chi connectivity index (χ3v) is 4.11. The Kier molecular flexibility index (Phi) is 3.05. The van der Waals surface area contributed by atoms with E-state index in [0.29, 0.717) is 5.95 Å². The molecule has 6 heteroatoms. The van der Waals surface area contributed by atoms with Gasteiger partial charge in [0.1, 0.15) is 5.52 Å². The Hall–Kier alpha value is -1.40. The highest BCUT2D eigenvalue weighted by atomic mass is 79.9. The van der Waals surface area contributed by atoms with Crippen LogP contribution in [-0.4, -0.2) is 14.5 Å². The number of anilines is 1. The molecule has 0 amide bonds. The van der Waals surface area contributed by atoms with Gasteiger partial charge in [-0.3, -0.25) is 4.57 Å². The first-order valence-electron chi connectivity index (χ1n) is 5.53. The van der Waals surface area contributed by atoms with Crippen molar-refractivity contribution in [1.82, 2.24) is 14.5 Å². The molecule has 3 rings (SSSR count). The van der Waals surface area contributed by atoms with Crippen molar-refractivity contribution in [3.05, 3.63) is 39.1 Å². The molecule has 0 radical (unpaired) electrons. The summed E-state index contributed by atoms with van der Waals surface area (Å²) >= 11 is 5.14. The minimum atomic E-state index is 0.521. The summed E-state index contributed by atoms with van der Waals surface area (Å²) in [7, 11) is 0. The van der Waals surface area contributed by atoms with Gasteiger partial charge in [-0.15, -0.1) is 11.3 Å². The zero-order chi connectivity index (χ0) is 12.5. The topological polar surface area (TPSA) is 56.7 Å². The smallest absolute Gasteiger partial charge is 0.202 e.